The monoisotopic (exact) mass is 1240 g/mol. The van der Waals surface area contributed by atoms with E-state index in [1.165, 1.54) is 6.11 Å². The van der Waals surface area contributed by atoms with Crippen molar-refractivity contribution in [3.63, 3.8) is 0 Å². The third-order valence-electron chi connectivity index (χ3n) is 16.6. The maximum absolute atomic E-state index is 11.7. The molecule has 7 fully saturated rings. The van der Waals surface area contributed by atoms with Crippen molar-refractivity contribution in [3.8, 4) is 11.9 Å². The molecule has 15 atom stereocenters. The van der Waals surface area contributed by atoms with Gasteiger partial charge in [-0.15, -0.1) is 12.4 Å². The van der Waals surface area contributed by atoms with Crippen LogP contribution in [0.3, 0.4) is 0 Å². The van der Waals surface area contributed by atoms with E-state index in [2.05, 4.69) is 70.8 Å². The average Bonchev–Trinajstić information content (AvgIpc) is 2.32. The van der Waals surface area contributed by atoms with Crippen molar-refractivity contribution >= 4 is 89.9 Å². The van der Waals surface area contributed by atoms with E-state index in [4.69, 9.17) is 34.2 Å². The Kier molecular flexibility index (Phi) is 34.7. The number of fused-ring (bicyclic) bond motifs is 10. The van der Waals surface area contributed by atoms with E-state index < -0.39 is 58.2 Å². The number of nitrogens with one attached hydrogen (secondary N) is 1. The third-order valence-corrected chi connectivity index (χ3v) is 16.6. The molecule has 11 aliphatic rings. The average molecular weight is 1240 g/mol. The number of carboxylic acid groups (broad SMARTS) is 2. The van der Waals surface area contributed by atoms with Gasteiger partial charge in [0.25, 0.3) is 0 Å². The van der Waals surface area contributed by atoms with Gasteiger partial charge in [0.1, 0.15) is 30.2 Å². The molecule has 15 unspecified atom stereocenters. The number of piperidine rings is 2. The van der Waals surface area contributed by atoms with Gasteiger partial charge in [0.05, 0.1) is 26.4 Å². The zero-order chi connectivity index (χ0) is 63.1. The zero-order valence-corrected chi connectivity index (χ0v) is 52.0. The van der Waals surface area contributed by atoms with E-state index in [1.807, 2.05) is 16.5 Å². The van der Waals surface area contributed by atoms with E-state index in [0.717, 1.165) is 64.2 Å². The first-order valence-corrected chi connectivity index (χ1v) is 29.7. The number of hydrogen-bond donors (Lipinski definition) is 9. The Labute approximate surface area is 519 Å². The summed E-state index contributed by atoms with van der Waals surface area (Å²) in [5.74, 6) is 0.152. The molecule has 0 aromatic heterocycles. The summed E-state index contributed by atoms with van der Waals surface area (Å²) in [5.41, 5.74) is 0. The van der Waals surface area contributed by atoms with E-state index in [9.17, 15) is 53.7 Å². The van der Waals surface area contributed by atoms with Gasteiger partial charge in [-0.3, -0.25) is 43.7 Å². The Morgan fingerprint density at radius 2 is 0.977 bits per heavy atom. The van der Waals surface area contributed by atoms with Crippen LogP contribution in [0.1, 0.15) is 91.9 Å². The van der Waals surface area contributed by atoms with Crippen molar-refractivity contribution in [2.75, 3.05) is 26.4 Å². The molecule has 5 heterocycles. The Morgan fingerprint density at radius 3 is 1.24 bits per heavy atom. The number of allylic oxidation sites excluding steroid dienone is 4. The molecule has 6 aliphatic carbocycles. The third kappa shape index (κ3) is 21.4. The van der Waals surface area contributed by atoms with Crippen LogP contribution in [-0.4, -0.2) is 219 Å². The van der Waals surface area contributed by atoms with Crippen molar-refractivity contribution in [2.24, 2.45) is 29.6 Å². The first kappa shape index (κ1) is 77.7. The SMILES string of the molecule is C1=CCC=C1.CB(O)N1C2CCC(C2)C1C(=O)O.CB(O)N1C2CCC(C2)C1C(=O)O.CCOC(=O)C1C2C=CC(C2)N1B(C)O.CCOC(=O)C1C2C=CC(C2)N1B(C)O.CCOC(=O)C1NC2C=CC1C2.CCOC(=O)C=O.Cl.N.O=BC#CO. The first-order valence-electron chi connectivity index (χ1n) is 29.7. The zero-order valence-electron chi connectivity index (χ0n) is 51.2. The molecule has 2 saturated carbocycles. The summed E-state index contributed by atoms with van der Waals surface area (Å²) in [4.78, 5) is 83.1. The van der Waals surface area contributed by atoms with Gasteiger partial charge in [-0.05, 0) is 131 Å². The summed E-state index contributed by atoms with van der Waals surface area (Å²) in [7, 11) is -2.13. The second-order valence-electron chi connectivity index (χ2n) is 22.1. The van der Waals surface area contributed by atoms with Crippen LogP contribution in [0.4, 0.5) is 0 Å². The normalized spacial score (nSPS) is 29.9. The number of aliphatic hydroxyl groups is 1. The van der Waals surface area contributed by atoms with Crippen LogP contribution in [0.25, 0.3) is 0 Å². The molecule has 0 amide bonds. The maximum atomic E-state index is 11.7. The number of halogens is 1. The molecule has 0 spiro atoms. The van der Waals surface area contributed by atoms with Gasteiger partial charge in [-0.1, -0.05) is 60.8 Å². The Morgan fingerprint density at radius 1 is 0.575 bits per heavy atom. The van der Waals surface area contributed by atoms with E-state index >= 15 is 0 Å². The van der Waals surface area contributed by atoms with E-state index in [-0.39, 0.29) is 103 Å². The summed E-state index contributed by atoms with van der Waals surface area (Å²) >= 11 is 0. The Balaban J connectivity index is 0.000000346. The minimum atomic E-state index is -0.803. The van der Waals surface area contributed by atoms with E-state index in [1.54, 1.807) is 63.5 Å². The van der Waals surface area contributed by atoms with Crippen molar-refractivity contribution in [1.82, 2.24) is 30.7 Å². The van der Waals surface area contributed by atoms with Gasteiger partial charge < -0.3 is 65.0 Å². The molecule has 10 bridgehead atoms. The molecule has 11 N–H and O–H groups in total. The molecule has 0 aromatic carbocycles. The minimum absolute atomic E-state index is 0. The molecule has 5 saturated heterocycles. The summed E-state index contributed by atoms with van der Waals surface area (Å²) in [6, 6.07) is -0.159. The number of aliphatic carboxylic acids is 2. The van der Waals surface area contributed by atoms with Gasteiger partial charge in [0.2, 0.25) is 6.29 Å². The van der Waals surface area contributed by atoms with Crippen LogP contribution < -0.4 is 11.5 Å². The number of rotatable bonds is 14. The number of aliphatic hydroxyl groups excluding tert-OH is 1. The second kappa shape index (κ2) is 38.9. The van der Waals surface area contributed by atoms with Gasteiger partial charge in [-0.25, -0.2) is 4.79 Å². The van der Waals surface area contributed by atoms with Crippen LogP contribution in [0.5, 0.6) is 0 Å². The predicted octanol–water partition coefficient (Wildman–Crippen LogP) is 2.27. The van der Waals surface area contributed by atoms with Crippen LogP contribution in [0.2, 0.25) is 27.3 Å². The van der Waals surface area contributed by atoms with Crippen LogP contribution in [0.15, 0.2) is 60.8 Å². The van der Waals surface area contributed by atoms with Gasteiger partial charge >= 0.3 is 92.9 Å². The number of carbonyl (C=O) groups is 7. The molecule has 31 heteroatoms. The van der Waals surface area contributed by atoms with Gasteiger partial charge in [-0.2, -0.15) is 0 Å². The fourth-order valence-electron chi connectivity index (χ4n) is 13.5. The number of esters is 4. The van der Waals surface area contributed by atoms with Crippen molar-refractivity contribution in [2.45, 2.75) is 180 Å². The summed E-state index contributed by atoms with van der Waals surface area (Å²) in [6.45, 7) is 15.3. The second-order valence-corrected chi connectivity index (χ2v) is 22.1. The number of ether oxygens (including phenoxy) is 4. The summed E-state index contributed by atoms with van der Waals surface area (Å²) in [5, 5.41) is 66.9. The molecule has 0 radical (unpaired) electrons. The standard InChI is InChI=1S/2C10H16BNO3.C9H13NO2.2C8H14BNO3.C5H6.C4H6O3.C2HBO2.ClH.H3N/c2*1-3-15-10(13)9-7-4-5-8(6-7)12(9)11(2)14;1-2-12-9(11)8-6-3-4-7(5-6)10-8;2*1-9(13)10-6-3-2-5(4-6)7(10)8(11)12;1-2-4-5-3-1;1-2-7-4(6)3-5;4-2-1-3-5;;/h2*4-5,7-9,14H,3,6H2,1-2H3;3-4,6-8,10H,2,5H2,1H3;2*5-7,13H,2-4H2,1H3,(H,11,12);1-4H,5H2;3H,2H2,1H3;4H;1H;1H3. The quantitative estimate of drug-likeness (QED) is 0.0229. The molecule has 87 heavy (non-hydrogen) atoms. The van der Waals surface area contributed by atoms with Crippen molar-refractivity contribution in [1.29, 1.82) is 0 Å². The Bertz CT molecular complexity index is 2350. The van der Waals surface area contributed by atoms with Crippen LogP contribution in [-0.2, 0) is 57.2 Å². The number of aldehydes is 1. The molecular formula is C56H90B5ClN6O19. The van der Waals surface area contributed by atoms with Crippen LogP contribution in [0, 0.1) is 41.5 Å². The van der Waals surface area contributed by atoms with Crippen molar-refractivity contribution in [3.05, 3.63) is 60.8 Å². The van der Waals surface area contributed by atoms with Crippen LogP contribution >= 0.6 is 12.4 Å². The summed E-state index contributed by atoms with van der Waals surface area (Å²) in [6.07, 6.45) is 32.4. The topological polar surface area (TPSA) is 375 Å². The fourth-order valence-corrected chi connectivity index (χ4v) is 13.5. The first-order chi connectivity index (χ1) is 40.5. The van der Waals surface area contributed by atoms with Crippen molar-refractivity contribution < 1.29 is 92.6 Å². The number of carboxylic acids is 2. The van der Waals surface area contributed by atoms with E-state index in [0.29, 0.717) is 51.0 Å². The predicted molar refractivity (Wildman–Crippen MR) is 329 cm³/mol. The van der Waals surface area contributed by atoms with Gasteiger partial charge in [0, 0.05) is 48.0 Å². The molecule has 25 nitrogen and oxygen atoms in total. The number of nitrogens with zero attached hydrogens (tertiary/aromatic N) is 4. The Hall–Kier alpha value is -5.44. The number of hydrogen-bond acceptors (Lipinski definition) is 23. The molecule has 0 aromatic rings. The fraction of sp³-hybridized carbons (Fsp3) is 0.661. The molecule has 5 aliphatic heterocycles. The number of carbonyl (C=O) groups excluding carboxylic acids is 5. The molecular weight excluding hydrogens is 1150 g/mol. The van der Waals surface area contributed by atoms with Gasteiger partial charge in [0.15, 0.2) is 0 Å². The molecule has 11 rings (SSSR count). The summed E-state index contributed by atoms with van der Waals surface area (Å²) < 4.78 is 28.3. The molecule has 480 valence electrons.